The van der Waals surface area contributed by atoms with Crippen LogP contribution in [-0.4, -0.2) is 63.5 Å². The third-order valence-electron chi connectivity index (χ3n) is 5.95. The van der Waals surface area contributed by atoms with Gasteiger partial charge in [-0.05, 0) is 48.0 Å². The highest BCUT2D eigenvalue weighted by atomic mass is 19.4. The zero-order chi connectivity index (χ0) is 26.9. The summed E-state index contributed by atoms with van der Waals surface area (Å²) in [5, 5.41) is 3.90. The molecule has 0 radical (unpaired) electrons. The first-order valence-corrected chi connectivity index (χ1v) is 11.5. The predicted octanol–water partition coefficient (Wildman–Crippen LogP) is 3.19. The molecule has 10 nitrogen and oxygen atoms in total. The zero-order valence-electron chi connectivity index (χ0n) is 20.1. The molecule has 0 spiro atoms. The quantitative estimate of drug-likeness (QED) is 0.377. The van der Waals surface area contributed by atoms with Crippen LogP contribution in [-0.2, 0) is 11.3 Å². The van der Waals surface area contributed by atoms with Gasteiger partial charge in [-0.25, -0.2) is 4.98 Å². The van der Waals surface area contributed by atoms with Crippen LogP contribution < -0.4 is 15.2 Å². The van der Waals surface area contributed by atoms with Gasteiger partial charge in [-0.1, -0.05) is 5.16 Å². The molecule has 38 heavy (non-hydrogen) atoms. The molecule has 1 aliphatic rings. The molecule has 3 aromatic heterocycles. The lowest BCUT2D eigenvalue weighted by atomic mass is 10.2. The SMILES string of the molecule is CN1CCN(c2cc(Cn3cc(-c4nc(-c5ccc(OC(F)(F)F)cc5)no4)ccc3=O)ccn2)CC1=O. The number of piperazine rings is 1. The number of amides is 1. The number of carbonyl (C=O) groups excluding carboxylic acids is 1. The molecule has 1 aromatic carbocycles. The van der Waals surface area contributed by atoms with Crippen molar-refractivity contribution in [3.63, 3.8) is 0 Å². The molecule has 1 saturated heterocycles. The lowest BCUT2D eigenvalue weighted by molar-refractivity contribution is -0.274. The Morgan fingerprint density at radius 3 is 2.53 bits per heavy atom. The Kier molecular flexibility index (Phi) is 6.57. The van der Waals surface area contributed by atoms with E-state index >= 15 is 0 Å². The van der Waals surface area contributed by atoms with Crippen LogP contribution in [0.15, 0.2) is 70.2 Å². The summed E-state index contributed by atoms with van der Waals surface area (Å²) in [5.41, 5.74) is 1.48. The Labute approximate surface area is 213 Å². The second-order valence-electron chi connectivity index (χ2n) is 8.64. The van der Waals surface area contributed by atoms with Crippen molar-refractivity contribution in [2.75, 3.05) is 31.6 Å². The van der Waals surface area contributed by atoms with Gasteiger partial charge in [0, 0.05) is 44.2 Å². The van der Waals surface area contributed by atoms with Gasteiger partial charge >= 0.3 is 6.36 Å². The van der Waals surface area contributed by atoms with Crippen LogP contribution in [0.25, 0.3) is 22.8 Å². The van der Waals surface area contributed by atoms with Gasteiger partial charge < -0.3 is 23.6 Å². The van der Waals surface area contributed by atoms with E-state index in [4.69, 9.17) is 4.52 Å². The van der Waals surface area contributed by atoms with Crippen LogP contribution in [0.4, 0.5) is 19.0 Å². The predicted molar refractivity (Wildman–Crippen MR) is 129 cm³/mol. The van der Waals surface area contributed by atoms with E-state index < -0.39 is 6.36 Å². The van der Waals surface area contributed by atoms with Gasteiger partial charge in [-0.15, -0.1) is 13.2 Å². The summed E-state index contributed by atoms with van der Waals surface area (Å²) < 4.78 is 47.8. The first-order chi connectivity index (χ1) is 18.1. The van der Waals surface area contributed by atoms with Gasteiger partial charge in [-0.3, -0.25) is 9.59 Å². The summed E-state index contributed by atoms with van der Waals surface area (Å²) in [5.74, 6) is 0.598. The van der Waals surface area contributed by atoms with E-state index in [0.717, 1.165) is 17.7 Å². The first kappa shape index (κ1) is 25.0. The maximum Gasteiger partial charge on any atom is 0.573 e. The molecule has 5 rings (SSSR count). The number of halogens is 3. The summed E-state index contributed by atoms with van der Waals surface area (Å²) in [6.07, 6.45) is -1.57. The number of hydrogen-bond donors (Lipinski definition) is 0. The molecule has 13 heteroatoms. The first-order valence-electron chi connectivity index (χ1n) is 11.5. The second-order valence-corrected chi connectivity index (χ2v) is 8.64. The molecule has 0 aliphatic carbocycles. The maximum absolute atomic E-state index is 12.6. The number of pyridine rings is 2. The van der Waals surface area contributed by atoms with Crippen LogP contribution in [0.5, 0.6) is 5.75 Å². The van der Waals surface area contributed by atoms with Crippen LogP contribution >= 0.6 is 0 Å². The molecule has 4 aromatic rings. The molecule has 1 amide bonds. The Bertz CT molecular complexity index is 1520. The smallest absolute Gasteiger partial charge is 0.406 e. The van der Waals surface area contributed by atoms with E-state index in [-0.39, 0.29) is 42.0 Å². The van der Waals surface area contributed by atoms with Gasteiger partial charge in [0.15, 0.2) is 0 Å². The number of nitrogens with zero attached hydrogens (tertiary/aromatic N) is 6. The number of anilines is 1. The third-order valence-corrected chi connectivity index (χ3v) is 5.95. The van der Waals surface area contributed by atoms with Crippen molar-refractivity contribution < 1.29 is 27.2 Å². The molecule has 0 atom stereocenters. The molecule has 4 heterocycles. The van der Waals surface area contributed by atoms with E-state index in [2.05, 4.69) is 19.9 Å². The Hall–Kier alpha value is -4.68. The van der Waals surface area contributed by atoms with Crippen LogP contribution in [0, 0.1) is 0 Å². The molecule has 196 valence electrons. The second kappa shape index (κ2) is 10.00. The summed E-state index contributed by atoms with van der Waals surface area (Å²) in [4.78, 5) is 36.9. The molecule has 1 aliphatic heterocycles. The van der Waals surface area contributed by atoms with Crippen LogP contribution in [0.1, 0.15) is 5.56 Å². The largest absolute Gasteiger partial charge is 0.573 e. The van der Waals surface area contributed by atoms with Gasteiger partial charge in [0.05, 0.1) is 18.7 Å². The summed E-state index contributed by atoms with van der Waals surface area (Å²) in [6.45, 7) is 1.74. The van der Waals surface area contributed by atoms with Crippen molar-refractivity contribution in [2.45, 2.75) is 12.9 Å². The van der Waals surface area contributed by atoms with E-state index in [1.54, 1.807) is 36.5 Å². The van der Waals surface area contributed by atoms with Crippen molar-refractivity contribution in [3.8, 4) is 28.6 Å². The number of aromatic nitrogens is 4. The van der Waals surface area contributed by atoms with Crippen molar-refractivity contribution in [1.82, 2.24) is 24.6 Å². The van der Waals surface area contributed by atoms with Gasteiger partial charge in [0.1, 0.15) is 11.6 Å². The lowest BCUT2D eigenvalue weighted by Gasteiger charge is -2.32. The highest BCUT2D eigenvalue weighted by molar-refractivity contribution is 5.82. The fraction of sp³-hybridized carbons (Fsp3) is 0.240. The topological polar surface area (TPSA) is 107 Å². The number of likely N-dealkylation sites (N-methyl/N-ethyl adjacent to an activating group) is 1. The summed E-state index contributed by atoms with van der Waals surface area (Å²) >= 11 is 0. The fourth-order valence-electron chi connectivity index (χ4n) is 3.93. The number of hydrogen-bond acceptors (Lipinski definition) is 8. The highest BCUT2D eigenvalue weighted by Gasteiger charge is 2.31. The maximum atomic E-state index is 12.6. The number of alkyl halides is 3. The van der Waals surface area contributed by atoms with E-state index in [1.807, 2.05) is 11.0 Å². The lowest BCUT2D eigenvalue weighted by Crippen LogP contribution is -2.48. The van der Waals surface area contributed by atoms with Gasteiger partial charge in [0.2, 0.25) is 11.7 Å². The Morgan fingerprint density at radius 2 is 1.79 bits per heavy atom. The summed E-state index contributed by atoms with van der Waals surface area (Å²) in [6, 6.07) is 11.6. The van der Waals surface area contributed by atoms with Crippen LogP contribution in [0.3, 0.4) is 0 Å². The molecule has 0 bridgehead atoms. The minimum Gasteiger partial charge on any atom is -0.406 e. The van der Waals surface area contributed by atoms with Gasteiger partial charge in [0.25, 0.3) is 11.4 Å². The average Bonchev–Trinajstić information content (AvgIpc) is 3.37. The Morgan fingerprint density at radius 1 is 1.03 bits per heavy atom. The van der Waals surface area contributed by atoms with E-state index in [9.17, 15) is 22.8 Å². The van der Waals surface area contributed by atoms with Crippen molar-refractivity contribution in [1.29, 1.82) is 0 Å². The normalized spacial score (nSPS) is 14.2. The zero-order valence-corrected chi connectivity index (χ0v) is 20.1. The number of benzene rings is 1. The molecular formula is C25H21F3N6O4. The van der Waals surface area contributed by atoms with Crippen molar-refractivity contribution in [3.05, 3.63) is 76.8 Å². The molecule has 0 saturated carbocycles. The monoisotopic (exact) mass is 526 g/mol. The average molecular weight is 526 g/mol. The number of rotatable bonds is 6. The van der Waals surface area contributed by atoms with Gasteiger partial charge in [-0.2, -0.15) is 4.98 Å². The fourth-order valence-corrected chi connectivity index (χ4v) is 3.93. The number of ether oxygens (including phenoxy) is 1. The van der Waals surface area contributed by atoms with E-state index in [1.165, 1.54) is 22.8 Å². The van der Waals surface area contributed by atoms with Crippen LogP contribution in [0.2, 0.25) is 0 Å². The summed E-state index contributed by atoms with van der Waals surface area (Å²) in [7, 11) is 1.76. The Balaban J connectivity index is 1.33. The molecular weight excluding hydrogens is 505 g/mol. The molecule has 1 fully saturated rings. The third kappa shape index (κ3) is 5.66. The molecule has 0 N–H and O–H groups in total. The standard InChI is InChI=1S/C25H21F3N6O4/c1-32-10-11-33(15-22(32)36)20-12-16(8-9-29-20)13-34-14-18(4-7-21(34)35)24-30-23(31-38-24)17-2-5-19(6-3-17)37-25(26,27)28/h2-9,12,14H,10-11,13,15H2,1H3. The van der Waals surface area contributed by atoms with E-state index in [0.29, 0.717) is 30.0 Å². The van der Waals surface area contributed by atoms with Crippen molar-refractivity contribution in [2.24, 2.45) is 0 Å². The highest BCUT2D eigenvalue weighted by Crippen LogP contribution is 2.27. The van der Waals surface area contributed by atoms with Crippen molar-refractivity contribution >= 4 is 11.7 Å². The minimum absolute atomic E-state index is 0.0110. The minimum atomic E-state index is -4.79. The number of carbonyl (C=O) groups is 1. The molecule has 0 unspecified atom stereocenters.